The predicted molar refractivity (Wildman–Crippen MR) is 70.3 cm³/mol. The van der Waals surface area contributed by atoms with E-state index in [-0.39, 0.29) is 24.0 Å². The van der Waals surface area contributed by atoms with E-state index in [1.54, 1.807) is 4.90 Å². The van der Waals surface area contributed by atoms with Crippen LogP contribution in [0.15, 0.2) is 4.99 Å². The molecule has 1 N–H and O–H groups in total. The summed E-state index contributed by atoms with van der Waals surface area (Å²) < 4.78 is 4.78. The van der Waals surface area contributed by atoms with Crippen molar-refractivity contribution in [2.75, 3.05) is 13.7 Å². The molecule has 0 aromatic carbocycles. The van der Waals surface area contributed by atoms with Crippen LogP contribution in [0, 0.1) is 0 Å². The zero-order valence-electron chi connectivity index (χ0n) is 10.3. The maximum Gasteiger partial charge on any atom is 0.328 e. The standard InChI is InChI=1S/C11H18N3O3P/c1-17-11(16)9-3-2-7-4-5-12-6-8(13-18)10(15)14(7)9/h5,7-9,13H,2-4,6,18H2,1H3/t7-,8+,9+/m1/s1. The Labute approximate surface area is 108 Å². The first-order valence-electron chi connectivity index (χ1n) is 6.03. The van der Waals surface area contributed by atoms with Gasteiger partial charge in [0.1, 0.15) is 12.1 Å². The van der Waals surface area contributed by atoms with Crippen LogP contribution >= 0.6 is 9.39 Å². The Morgan fingerprint density at radius 1 is 1.61 bits per heavy atom. The van der Waals surface area contributed by atoms with E-state index >= 15 is 0 Å². The first-order chi connectivity index (χ1) is 8.69. The highest BCUT2D eigenvalue weighted by Crippen LogP contribution is 2.28. The van der Waals surface area contributed by atoms with E-state index in [4.69, 9.17) is 4.74 Å². The molecule has 0 aromatic rings. The van der Waals surface area contributed by atoms with Crippen LogP contribution in [0.1, 0.15) is 19.3 Å². The molecular formula is C11H18N3O3P. The zero-order chi connectivity index (χ0) is 13.1. The monoisotopic (exact) mass is 271 g/mol. The van der Waals surface area contributed by atoms with Crippen molar-refractivity contribution in [1.29, 1.82) is 0 Å². The van der Waals surface area contributed by atoms with Crippen LogP contribution in [0.2, 0.25) is 0 Å². The third-order valence-electron chi connectivity index (χ3n) is 3.52. The Hall–Kier alpha value is -1.00. The fourth-order valence-electron chi connectivity index (χ4n) is 2.57. The number of amides is 1. The van der Waals surface area contributed by atoms with Crippen molar-refractivity contribution >= 4 is 27.5 Å². The second kappa shape index (κ2) is 5.76. The summed E-state index contributed by atoms with van der Waals surface area (Å²) in [5.41, 5.74) is 0. The summed E-state index contributed by atoms with van der Waals surface area (Å²) in [6.45, 7) is 0.402. The van der Waals surface area contributed by atoms with Crippen molar-refractivity contribution in [2.24, 2.45) is 4.99 Å². The molecule has 6 nitrogen and oxygen atoms in total. The number of carbonyl (C=O) groups excluding carboxylic acids is 2. The van der Waals surface area contributed by atoms with E-state index in [2.05, 4.69) is 19.5 Å². The number of hydrogen-bond acceptors (Lipinski definition) is 5. The maximum absolute atomic E-state index is 12.4. The second-order valence-electron chi connectivity index (χ2n) is 4.52. The molecule has 2 aliphatic rings. The molecule has 2 aliphatic heterocycles. The van der Waals surface area contributed by atoms with Crippen molar-refractivity contribution in [1.82, 2.24) is 9.99 Å². The third-order valence-corrected chi connectivity index (χ3v) is 3.93. The van der Waals surface area contributed by atoms with E-state index in [9.17, 15) is 9.59 Å². The minimum absolute atomic E-state index is 0.0616. The molecule has 1 amide bonds. The van der Waals surface area contributed by atoms with Crippen molar-refractivity contribution in [3.05, 3.63) is 0 Å². The average molecular weight is 271 g/mol. The number of hydrogen-bond donors (Lipinski definition) is 1. The average Bonchev–Trinajstić information content (AvgIpc) is 2.78. The quantitative estimate of drug-likeness (QED) is 0.555. The Bertz CT molecular complexity index is 375. The number of aliphatic imine (C=N–C) groups is 1. The fraction of sp³-hybridized carbons (Fsp3) is 0.727. The molecule has 2 rings (SSSR count). The van der Waals surface area contributed by atoms with Crippen LogP contribution < -0.4 is 5.09 Å². The van der Waals surface area contributed by atoms with Crippen LogP contribution in [-0.4, -0.2) is 54.8 Å². The lowest BCUT2D eigenvalue weighted by Crippen LogP contribution is -2.53. The Kier molecular flexibility index (Phi) is 4.30. The van der Waals surface area contributed by atoms with Crippen molar-refractivity contribution < 1.29 is 14.3 Å². The summed E-state index contributed by atoms with van der Waals surface area (Å²) in [6.07, 6.45) is 4.04. The fourth-order valence-corrected chi connectivity index (χ4v) is 2.82. The van der Waals surface area contributed by atoms with Gasteiger partial charge in [0.05, 0.1) is 13.7 Å². The molecule has 0 radical (unpaired) electrons. The third kappa shape index (κ3) is 2.40. The van der Waals surface area contributed by atoms with Gasteiger partial charge in [0, 0.05) is 18.7 Å². The molecule has 100 valence electrons. The molecule has 0 bridgehead atoms. The SMILES string of the molecule is COC(=O)[C@@H]1CC[C@@H]2CC=NC[C@H](NP)C(=O)N21. The zero-order valence-corrected chi connectivity index (χ0v) is 11.5. The Morgan fingerprint density at radius 2 is 2.39 bits per heavy atom. The lowest BCUT2D eigenvalue weighted by molar-refractivity contribution is -0.152. The second-order valence-corrected chi connectivity index (χ2v) is 4.85. The molecule has 1 saturated heterocycles. The number of fused-ring (bicyclic) bond motifs is 1. The molecule has 1 unspecified atom stereocenters. The number of ether oxygens (including phenoxy) is 1. The van der Waals surface area contributed by atoms with Crippen molar-refractivity contribution in [2.45, 2.75) is 37.4 Å². The van der Waals surface area contributed by atoms with E-state index < -0.39 is 6.04 Å². The van der Waals surface area contributed by atoms with Crippen LogP contribution in [0.3, 0.4) is 0 Å². The Morgan fingerprint density at radius 3 is 3.06 bits per heavy atom. The molecular weight excluding hydrogens is 253 g/mol. The molecule has 0 aliphatic carbocycles. The summed E-state index contributed by atoms with van der Waals surface area (Å²) in [7, 11) is 3.70. The number of esters is 1. The molecule has 0 saturated carbocycles. The first kappa shape index (κ1) is 13.4. The topological polar surface area (TPSA) is 71.0 Å². The summed E-state index contributed by atoms with van der Waals surface area (Å²) >= 11 is 0. The molecule has 0 spiro atoms. The summed E-state index contributed by atoms with van der Waals surface area (Å²) in [4.78, 5) is 30.0. The van der Waals surface area contributed by atoms with Gasteiger partial charge in [0.2, 0.25) is 5.91 Å². The molecule has 0 aromatic heterocycles. The lowest BCUT2D eigenvalue weighted by atomic mass is 10.1. The number of rotatable bonds is 2. The van der Waals surface area contributed by atoms with Gasteiger partial charge < -0.3 is 9.64 Å². The number of nitrogens with zero attached hydrogens (tertiary/aromatic N) is 2. The van der Waals surface area contributed by atoms with Crippen molar-refractivity contribution in [3.63, 3.8) is 0 Å². The van der Waals surface area contributed by atoms with Crippen molar-refractivity contribution in [3.8, 4) is 0 Å². The minimum Gasteiger partial charge on any atom is -0.467 e. The predicted octanol–water partition coefficient (Wildman–Crippen LogP) is -0.258. The number of carbonyl (C=O) groups is 2. The van der Waals surface area contributed by atoms with Gasteiger partial charge in [-0.25, -0.2) is 4.79 Å². The molecule has 18 heavy (non-hydrogen) atoms. The summed E-state index contributed by atoms with van der Waals surface area (Å²) in [5, 5.41) is 2.87. The Balaban J connectivity index is 2.24. The molecule has 1 fully saturated rings. The smallest absolute Gasteiger partial charge is 0.328 e. The number of methoxy groups -OCH3 is 1. The summed E-state index contributed by atoms with van der Waals surface area (Å²) in [5.74, 6) is -0.398. The van der Waals surface area contributed by atoms with E-state index in [0.717, 1.165) is 6.42 Å². The minimum atomic E-state index is -0.445. The first-order valence-corrected chi connectivity index (χ1v) is 6.61. The van der Waals surface area contributed by atoms with Gasteiger partial charge in [-0.1, -0.05) is 9.39 Å². The van der Waals surface area contributed by atoms with Gasteiger partial charge in [-0.15, -0.1) is 0 Å². The van der Waals surface area contributed by atoms with Gasteiger partial charge >= 0.3 is 5.97 Å². The summed E-state index contributed by atoms with van der Waals surface area (Å²) in [6, 6.07) is -0.773. The van der Waals surface area contributed by atoms with E-state index in [1.807, 2.05) is 6.21 Å². The lowest BCUT2D eigenvalue weighted by Gasteiger charge is -2.32. The van der Waals surface area contributed by atoms with Crippen LogP contribution in [0.25, 0.3) is 0 Å². The molecule has 7 heteroatoms. The highest BCUT2D eigenvalue weighted by atomic mass is 31.0. The van der Waals surface area contributed by atoms with E-state index in [0.29, 0.717) is 19.4 Å². The largest absolute Gasteiger partial charge is 0.467 e. The van der Waals surface area contributed by atoms with Crippen LogP contribution in [-0.2, 0) is 14.3 Å². The van der Waals surface area contributed by atoms with Crippen LogP contribution in [0.5, 0.6) is 0 Å². The van der Waals surface area contributed by atoms with Gasteiger partial charge in [-0.05, 0) is 12.8 Å². The highest BCUT2D eigenvalue weighted by Gasteiger charge is 2.43. The highest BCUT2D eigenvalue weighted by molar-refractivity contribution is 7.13. The van der Waals surface area contributed by atoms with Gasteiger partial charge in [-0.3, -0.25) is 14.9 Å². The normalized spacial score (nSPS) is 31.8. The maximum atomic E-state index is 12.4. The van der Waals surface area contributed by atoms with Gasteiger partial charge in [0.15, 0.2) is 0 Å². The van der Waals surface area contributed by atoms with Crippen LogP contribution in [0.4, 0.5) is 0 Å². The number of nitrogens with one attached hydrogen (secondary N) is 1. The van der Waals surface area contributed by atoms with Gasteiger partial charge in [0.25, 0.3) is 0 Å². The van der Waals surface area contributed by atoms with Gasteiger partial charge in [-0.2, -0.15) is 0 Å². The molecule has 2 heterocycles. The molecule has 4 atom stereocenters. The van der Waals surface area contributed by atoms with E-state index in [1.165, 1.54) is 7.11 Å².